The van der Waals surface area contributed by atoms with E-state index in [1.165, 1.54) is 11.9 Å². The van der Waals surface area contributed by atoms with Crippen molar-refractivity contribution < 1.29 is 9.59 Å². The normalized spacial score (nSPS) is 18.1. The Balaban J connectivity index is 2.41. The van der Waals surface area contributed by atoms with Crippen LogP contribution in [-0.2, 0) is 11.3 Å². The van der Waals surface area contributed by atoms with Gasteiger partial charge in [0.05, 0.1) is 0 Å². The van der Waals surface area contributed by atoms with Gasteiger partial charge >= 0.3 is 6.03 Å². The number of hydrogen-bond acceptors (Lipinski definition) is 2. The van der Waals surface area contributed by atoms with Crippen molar-refractivity contribution >= 4 is 11.9 Å². The highest BCUT2D eigenvalue weighted by Gasteiger charge is 2.36. The number of amides is 3. The fourth-order valence-corrected chi connectivity index (χ4v) is 2.03. The number of nitrogens with two attached hydrogens (primary N) is 1. The molecule has 1 aromatic carbocycles. The Hall–Kier alpha value is -2.04. The molecular weight excluding hydrogens is 206 g/mol. The van der Waals surface area contributed by atoms with Crippen LogP contribution >= 0.6 is 0 Å². The molecule has 1 atom stereocenters. The summed E-state index contributed by atoms with van der Waals surface area (Å²) < 4.78 is 0. The number of fused-ring (bicyclic) bond motifs is 1. The standard InChI is InChI=1S/C11H13N3O2/c1-13-11(16)14-6-7-4-2-3-5-8(7)9(14)10(12)15/h2-5,9H,6H2,1H3,(H2,12,15)(H,13,16). The zero-order valence-corrected chi connectivity index (χ0v) is 8.93. The van der Waals surface area contributed by atoms with E-state index in [-0.39, 0.29) is 6.03 Å². The van der Waals surface area contributed by atoms with E-state index in [1.54, 1.807) is 0 Å². The smallest absolute Gasteiger partial charge is 0.318 e. The van der Waals surface area contributed by atoms with E-state index in [9.17, 15) is 9.59 Å². The second kappa shape index (κ2) is 3.84. The molecule has 2 rings (SSSR count). The second-order valence-corrected chi connectivity index (χ2v) is 3.69. The molecule has 0 aliphatic carbocycles. The van der Waals surface area contributed by atoms with Crippen molar-refractivity contribution in [3.63, 3.8) is 0 Å². The SMILES string of the molecule is CNC(=O)N1Cc2ccccc2C1C(N)=O. The Morgan fingerprint density at radius 2 is 2.12 bits per heavy atom. The highest BCUT2D eigenvalue weighted by atomic mass is 16.2. The fourth-order valence-electron chi connectivity index (χ4n) is 2.03. The number of carbonyl (C=O) groups is 2. The van der Waals surface area contributed by atoms with E-state index in [1.807, 2.05) is 24.3 Å². The van der Waals surface area contributed by atoms with Gasteiger partial charge < -0.3 is 16.0 Å². The lowest BCUT2D eigenvalue weighted by atomic mass is 10.0. The number of urea groups is 1. The van der Waals surface area contributed by atoms with Crippen LogP contribution in [0.5, 0.6) is 0 Å². The highest BCUT2D eigenvalue weighted by molar-refractivity contribution is 5.88. The monoisotopic (exact) mass is 219 g/mol. The first-order valence-corrected chi connectivity index (χ1v) is 5.00. The van der Waals surface area contributed by atoms with Crippen molar-refractivity contribution in [3.8, 4) is 0 Å². The van der Waals surface area contributed by atoms with Gasteiger partial charge in [0.1, 0.15) is 6.04 Å². The number of nitrogens with one attached hydrogen (secondary N) is 1. The zero-order valence-electron chi connectivity index (χ0n) is 8.93. The molecule has 5 heteroatoms. The lowest BCUT2D eigenvalue weighted by Gasteiger charge is -2.21. The van der Waals surface area contributed by atoms with Gasteiger partial charge in [0.25, 0.3) is 0 Å². The summed E-state index contributed by atoms with van der Waals surface area (Å²) in [6.07, 6.45) is 0. The van der Waals surface area contributed by atoms with Gasteiger partial charge in [-0.25, -0.2) is 4.79 Å². The van der Waals surface area contributed by atoms with Gasteiger partial charge in [-0.1, -0.05) is 24.3 Å². The third-order valence-corrected chi connectivity index (χ3v) is 2.75. The molecular formula is C11H13N3O2. The summed E-state index contributed by atoms with van der Waals surface area (Å²) >= 11 is 0. The number of benzene rings is 1. The average Bonchev–Trinajstić information content (AvgIpc) is 2.67. The van der Waals surface area contributed by atoms with E-state index in [0.29, 0.717) is 6.54 Å². The maximum absolute atomic E-state index is 11.6. The molecule has 0 fully saturated rings. The molecule has 84 valence electrons. The zero-order chi connectivity index (χ0) is 11.7. The molecule has 1 unspecified atom stereocenters. The van der Waals surface area contributed by atoms with E-state index in [0.717, 1.165) is 11.1 Å². The van der Waals surface area contributed by atoms with Crippen molar-refractivity contribution in [1.29, 1.82) is 0 Å². The molecule has 3 amide bonds. The van der Waals surface area contributed by atoms with Crippen molar-refractivity contribution in [2.24, 2.45) is 5.73 Å². The quantitative estimate of drug-likeness (QED) is 0.716. The number of hydrogen-bond donors (Lipinski definition) is 2. The van der Waals surface area contributed by atoms with Crippen LogP contribution in [0.1, 0.15) is 17.2 Å². The van der Waals surface area contributed by atoms with E-state index in [2.05, 4.69) is 5.32 Å². The molecule has 3 N–H and O–H groups in total. The summed E-state index contributed by atoms with van der Waals surface area (Å²) in [7, 11) is 1.53. The first-order chi connectivity index (χ1) is 7.65. The highest BCUT2D eigenvalue weighted by Crippen LogP contribution is 2.32. The van der Waals surface area contributed by atoms with Crippen LogP contribution in [0.4, 0.5) is 4.79 Å². The first-order valence-electron chi connectivity index (χ1n) is 5.00. The summed E-state index contributed by atoms with van der Waals surface area (Å²) in [6.45, 7) is 0.420. The van der Waals surface area contributed by atoms with E-state index in [4.69, 9.17) is 5.73 Å². The Kier molecular flexibility index (Phi) is 2.52. The molecule has 5 nitrogen and oxygen atoms in total. The van der Waals surface area contributed by atoms with Gasteiger partial charge in [0, 0.05) is 13.6 Å². The maximum atomic E-state index is 11.6. The van der Waals surface area contributed by atoms with Crippen molar-refractivity contribution in [2.75, 3.05) is 7.05 Å². The maximum Gasteiger partial charge on any atom is 0.318 e. The van der Waals surface area contributed by atoms with Crippen molar-refractivity contribution in [2.45, 2.75) is 12.6 Å². The minimum absolute atomic E-state index is 0.292. The van der Waals surface area contributed by atoms with Crippen LogP contribution in [0.15, 0.2) is 24.3 Å². The summed E-state index contributed by atoms with van der Waals surface area (Å²) in [5.74, 6) is -0.506. The Bertz CT molecular complexity index is 445. The number of nitrogens with zero attached hydrogens (tertiary/aromatic N) is 1. The minimum atomic E-state index is -0.656. The van der Waals surface area contributed by atoms with Crippen LogP contribution in [0.2, 0.25) is 0 Å². The first kappa shape index (κ1) is 10.5. The number of primary amides is 1. The number of carbonyl (C=O) groups excluding carboxylic acids is 2. The third-order valence-electron chi connectivity index (χ3n) is 2.75. The Morgan fingerprint density at radius 1 is 1.44 bits per heavy atom. The second-order valence-electron chi connectivity index (χ2n) is 3.69. The Morgan fingerprint density at radius 3 is 2.75 bits per heavy atom. The lowest BCUT2D eigenvalue weighted by Crippen LogP contribution is -2.41. The van der Waals surface area contributed by atoms with Crippen molar-refractivity contribution in [1.82, 2.24) is 10.2 Å². The van der Waals surface area contributed by atoms with E-state index >= 15 is 0 Å². The molecule has 0 spiro atoms. The third kappa shape index (κ3) is 1.50. The molecule has 1 aliphatic rings. The lowest BCUT2D eigenvalue weighted by molar-refractivity contribution is -0.122. The van der Waals surface area contributed by atoms with Crippen LogP contribution in [0, 0.1) is 0 Å². The molecule has 1 aliphatic heterocycles. The molecule has 0 bridgehead atoms. The molecule has 1 heterocycles. The van der Waals surface area contributed by atoms with Crippen LogP contribution in [0.25, 0.3) is 0 Å². The van der Waals surface area contributed by atoms with Gasteiger partial charge in [0.15, 0.2) is 0 Å². The van der Waals surface area contributed by atoms with Gasteiger partial charge in [-0.2, -0.15) is 0 Å². The predicted octanol–water partition coefficient (Wildman–Crippen LogP) is 0.368. The van der Waals surface area contributed by atoms with Gasteiger partial charge in [0.2, 0.25) is 5.91 Å². The van der Waals surface area contributed by atoms with Gasteiger partial charge in [-0.05, 0) is 11.1 Å². The predicted molar refractivity (Wildman–Crippen MR) is 58.4 cm³/mol. The minimum Gasteiger partial charge on any atom is -0.368 e. The molecule has 0 saturated heterocycles. The van der Waals surface area contributed by atoms with Crippen LogP contribution in [-0.4, -0.2) is 23.9 Å². The topological polar surface area (TPSA) is 75.4 Å². The van der Waals surface area contributed by atoms with Gasteiger partial charge in [-0.3, -0.25) is 4.79 Å². The van der Waals surface area contributed by atoms with Crippen LogP contribution in [0.3, 0.4) is 0 Å². The fraction of sp³-hybridized carbons (Fsp3) is 0.273. The van der Waals surface area contributed by atoms with Crippen molar-refractivity contribution in [3.05, 3.63) is 35.4 Å². The Labute approximate surface area is 93.2 Å². The van der Waals surface area contributed by atoms with Crippen LogP contribution < -0.4 is 11.1 Å². The summed E-state index contributed by atoms with van der Waals surface area (Å²) in [5, 5.41) is 2.51. The van der Waals surface area contributed by atoms with E-state index < -0.39 is 11.9 Å². The summed E-state index contributed by atoms with van der Waals surface area (Å²) in [6, 6.07) is 6.49. The molecule has 16 heavy (non-hydrogen) atoms. The molecule has 0 saturated carbocycles. The summed E-state index contributed by atoms with van der Waals surface area (Å²) in [5.41, 5.74) is 7.12. The molecule has 1 aromatic rings. The average molecular weight is 219 g/mol. The number of rotatable bonds is 1. The largest absolute Gasteiger partial charge is 0.368 e. The molecule has 0 aromatic heterocycles. The summed E-state index contributed by atoms with van der Waals surface area (Å²) in [4.78, 5) is 24.4. The molecule has 0 radical (unpaired) electrons. The van der Waals surface area contributed by atoms with Gasteiger partial charge in [-0.15, -0.1) is 0 Å².